The lowest BCUT2D eigenvalue weighted by Crippen LogP contribution is -2.45. The smallest absolute Gasteiger partial charge is 0.237 e. The Labute approximate surface area is 180 Å². The molecule has 0 saturated heterocycles. The predicted molar refractivity (Wildman–Crippen MR) is 120 cm³/mol. The SMILES string of the molecule is CC(C)CCNCC(=O)N(Cc1cccn1Cc1ccc(F)cc1)C1CCCCC1. The second-order valence-electron chi connectivity index (χ2n) is 8.93. The van der Waals surface area contributed by atoms with Gasteiger partial charge in [0, 0.05) is 24.5 Å². The zero-order chi connectivity index (χ0) is 21.3. The van der Waals surface area contributed by atoms with Crippen molar-refractivity contribution in [2.45, 2.75) is 71.5 Å². The maximum absolute atomic E-state index is 13.2. The van der Waals surface area contributed by atoms with Crippen molar-refractivity contribution in [2.24, 2.45) is 5.92 Å². The Morgan fingerprint density at radius 3 is 2.60 bits per heavy atom. The van der Waals surface area contributed by atoms with Gasteiger partial charge in [-0.25, -0.2) is 4.39 Å². The van der Waals surface area contributed by atoms with Crippen molar-refractivity contribution in [1.29, 1.82) is 0 Å². The quantitative estimate of drug-likeness (QED) is 0.558. The number of hydrogen-bond donors (Lipinski definition) is 1. The number of benzene rings is 1. The summed E-state index contributed by atoms with van der Waals surface area (Å²) in [6.07, 6.45) is 8.98. The average molecular weight is 414 g/mol. The Bertz CT molecular complexity index is 778. The first kappa shape index (κ1) is 22.5. The molecule has 1 N–H and O–H groups in total. The largest absolute Gasteiger partial charge is 0.345 e. The van der Waals surface area contributed by atoms with E-state index >= 15 is 0 Å². The second-order valence-corrected chi connectivity index (χ2v) is 8.93. The molecule has 1 aromatic heterocycles. The van der Waals surface area contributed by atoms with Gasteiger partial charge in [-0.2, -0.15) is 0 Å². The fourth-order valence-corrected chi connectivity index (χ4v) is 4.21. The van der Waals surface area contributed by atoms with Crippen LogP contribution in [0.15, 0.2) is 42.6 Å². The van der Waals surface area contributed by atoms with Gasteiger partial charge in [0.25, 0.3) is 0 Å². The Kier molecular flexibility index (Phi) is 8.50. The van der Waals surface area contributed by atoms with Crippen molar-refractivity contribution in [3.05, 3.63) is 59.7 Å². The lowest BCUT2D eigenvalue weighted by Gasteiger charge is -2.35. The summed E-state index contributed by atoms with van der Waals surface area (Å²) in [4.78, 5) is 15.2. The molecule has 1 amide bonds. The molecule has 0 aliphatic heterocycles. The van der Waals surface area contributed by atoms with E-state index in [1.54, 1.807) is 0 Å². The molecular weight excluding hydrogens is 377 g/mol. The van der Waals surface area contributed by atoms with Crippen molar-refractivity contribution in [1.82, 2.24) is 14.8 Å². The molecular formula is C25H36FN3O. The number of amides is 1. The topological polar surface area (TPSA) is 37.3 Å². The van der Waals surface area contributed by atoms with E-state index in [1.165, 1.54) is 31.4 Å². The van der Waals surface area contributed by atoms with E-state index in [4.69, 9.17) is 0 Å². The van der Waals surface area contributed by atoms with Gasteiger partial charge in [-0.15, -0.1) is 0 Å². The first-order valence-electron chi connectivity index (χ1n) is 11.4. The van der Waals surface area contributed by atoms with Gasteiger partial charge in [0.05, 0.1) is 13.1 Å². The van der Waals surface area contributed by atoms with Gasteiger partial charge in [0.1, 0.15) is 5.82 Å². The van der Waals surface area contributed by atoms with Gasteiger partial charge in [-0.05, 0) is 61.6 Å². The van der Waals surface area contributed by atoms with Crippen molar-refractivity contribution in [3.8, 4) is 0 Å². The van der Waals surface area contributed by atoms with Crippen LogP contribution in [0.5, 0.6) is 0 Å². The van der Waals surface area contributed by atoms with Gasteiger partial charge < -0.3 is 14.8 Å². The highest BCUT2D eigenvalue weighted by molar-refractivity contribution is 5.78. The van der Waals surface area contributed by atoms with Gasteiger partial charge >= 0.3 is 0 Å². The molecule has 1 aliphatic rings. The number of aromatic nitrogens is 1. The summed E-state index contributed by atoms with van der Waals surface area (Å²) in [6.45, 7) is 7.00. The van der Waals surface area contributed by atoms with E-state index < -0.39 is 0 Å². The predicted octanol–water partition coefficient (Wildman–Crippen LogP) is 4.97. The molecule has 4 nitrogen and oxygen atoms in total. The van der Waals surface area contributed by atoms with Crippen LogP contribution in [0.3, 0.4) is 0 Å². The van der Waals surface area contributed by atoms with Crippen LogP contribution >= 0.6 is 0 Å². The van der Waals surface area contributed by atoms with Gasteiger partial charge in [-0.1, -0.05) is 45.2 Å². The number of nitrogens with zero attached hydrogens (tertiary/aromatic N) is 2. The molecule has 0 radical (unpaired) electrons. The fraction of sp³-hybridized carbons (Fsp3) is 0.560. The number of rotatable bonds is 10. The third-order valence-corrected chi connectivity index (χ3v) is 6.03. The molecule has 30 heavy (non-hydrogen) atoms. The summed E-state index contributed by atoms with van der Waals surface area (Å²) >= 11 is 0. The molecule has 0 bridgehead atoms. The lowest BCUT2D eigenvalue weighted by atomic mass is 9.94. The maximum Gasteiger partial charge on any atom is 0.237 e. The average Bonchev–Trinajstić information content (AvgIpc) is 3.18. The zero-order valence-electron chi connectivity index (χ0n) is 18.4. The highest BCUT2D eigenvalue weighted by atomic mass is 19.1. The second kappa shape index (κ2) is 11.3. The fourth-order valence-electron chi connectivity index (χ4n) is 4.21. The highest BCUT2D eigenvalue weighted by Crippen LogP contribution is 2.24. The molecule has 1 aliphatic carbocycles. The number of carbonyl (C=O) groups excluding carboxylic acids is 1. The number of halogens is 1. The van der Waals surface area contributed by atoms with E-state index in [0.29, 0.717) is 31.6 Å². The summed E-state index contributed by atoms with van der Waals surface area (Å²) in [6, 6.07) is 11.1. The van der Waals surface area contributed by atoms with Crippen LogP contribution in [0.1, 0.15) is 63.6 Å². The van der Waals surface area contributed by atoms with Crippen LogP contribution in [0.2, 0.25) is 0 Å². The van der Waals surface area contributed by atoms with Gasteiger partial charge in [-0.3, -0.25) is 4.79 Å². The first-order chi connectivity index (χ1) is 14.5. The Balaban J connectivity index is 1.67. The molecule has 1 heterocycles. The molecule has 3 rings (SSSR count). The van der Waals surface area contributed by atoms with E-state index in [9.17, 15) is 9.18 Å². The molecule has 2 aromatic rings. The Morgan fingerprint density at radius 1 is 1.17 bits per heavy atom. The summed E-state index contributed by atoms with van der Waals surface area (Å²) in [5.41, 5.74) is 2.18. The van der Waals surface area contributed by atoms with Crippen molar-refractivity contribution in [3.63, 3.8) is 0 Å². The van der Waals surface area contributed by atoms with Crippen molar-refractivity contribution < 1.29 is 9.18 Å². The van der Waals surface area contributed by atoms with E-state index in [2.05, 4.69) is 34.7 Å². The Morgan fingerprint density at radius 2 is 1.90 bits per heavy atom. The summed E-state index contributed by atoms with van der Waals surface area (Å²) in [5, 5.41) is 3.34. The van der Waals surface area contributed by atoms with Crippen LogP contribution in [0, 0.1) is 11.7 Å². The standard InChI is InChI=1S/C25H36FN3O/c1-20(2)14-15-27-17-25(30)29(23-7-4-3-5-8-23)19-24-9-6-16-28(24)18-21-10-12-22(26)13-11-21/h6,9-13,16,20,23,27H,3-5,7-8,14-15,17-19H2,1-2H3. The third kappa shape index (κ3) is 6.69. The van der Waals surface area contributed by atoms with Crippen LogP contribution in [0.25, 0.3) is 0 Å². The molecule has 0 unspecified atom stereocenters. The number of nitrogens with one attached hydrogen (secondary N) is 1. The van der Waals surface area contributed by atoms with Crippen molar-refractivity contribution >= 4 is 5.91 Å². The zero-order valence-corrected chi connectivity index (χ0v) is 18.4. The number of hydrogen-bond acceptors (Lipinski definition) is 2. The maximum atomic E-state index is 13.2. The van der Waals surface area contributed by atoms with Crippen LogP contribution in [-0.2, 0) is 17.9 Å². The third-order valence-electron chi connectivity index (χ3n) is 6.03. The van der Waals surface area contributed by atoms with Crippen LogP contribution < -0.4 is 5.32 Å². The monoisotopic (exact) mass is 413 g/mol. The molecule has 0 spiro atoms. The summed E-state index contributed by atoms with van der Waals surface area (Å²) in [5.74, 6) is 0.613. The van der Waals surface area contributed by atoms with Gasteiger partial charge in [0.2, 0.25) is 5.91 Å². The van der Waals surface area contributed by atoms with Crippen LogP contribution in [-0.4, -0.2) is 34.5 Å². The molecule has 5 heteroatoms. The first-order valence-corrected chi connectivity index (χ1v) is 11.4. The molecule has 1 aromatic carbocycles. The van der Waals surface area contributed by atoms with Crippen LogP contribution in [0.4, 0.5) is 4.39 Å². The minimum absolute atomic E-state index is 0.195. The molecule has 1 fully saturated rings. The van der Waals surface area contributed by atoms with Crippen molar-refractivity contribution in [2.75, 3.05) is 13.1 Å². The summed E-state index contributed by atoms with van der Waals surface area (Å²) in [7, 11) is 0. The Hall–Kier alpha value is -2.14. The van der Waals surface area contributed by atoms with E-state index in [-0.39, 0.29) is 11.7 Å². The lowest BCUT2D eigenvalue weighted by molar-refractivity contribution is -0.134. The highest BCUT2D eigenvalue weighted by Gasteiger charge is 2.26. The number of carbonyl (C=O) groups is 1. The molecule has 0 atom stereocenters. The minimum atomic E-state index is -0.217. The van der Waals surface area contributed by atoms with E-state index in [1.807, 2.05) is 24.4 Å². The summed E-state index contributed by atoms with van der Waals surface area (Å²) < 4.78 is 15.4. The minimum Gasteiger partial charge on any atom is -0.345 e. The normalized spacial score (nSPS) is 14.9. The molecule has 164 valence electrons. The van der Waals surface area contributed by atoms with Gasteiger partial charge in [0.15, 0.2) is 0 Å². The van der Waals surface area contributed by atoms with E-state index in [0.717, 1.165) is 37.1 Å². The molecule has 1 saturated carbocycles.